The predicted octanol–water partition coefficient (Wildman–Crippen LogP) is 6.19. The summed E-state index contributed by atoms with van der Waals surface area (Å²) >= 11 is 6.32. The second-order valence-electron chi connectivity index (χ2n) is 8.80. The molecular formula is C27H25ClF3N3O2. The number of pyridine rings is 1. The number of benzene rings is 2. The SMILES string of the molecule is CCCC(c1cc(F)c(F)c(F)c1)n1cc(Cl)cc(C(O)c2ccc(-n3cnc(C)c3)c(C)c2)c1=O. The topological polar surface area (TPSA) is 60.1 Å². The van der Waals surface area contributed by atoms with E-state index in [4.69, 9.17) is 11.6 Å². The Kier molecular flexibility index (Phi) is 7.38. The van der Waals surface area contributed by atoms with Gasteiger partial charge in [0.15, 0.2) is 17.5 Å². The highest BCUT2D eigenvalue weighted by molar-refractivity contribution is 6.30. The summed E-state index contributed by atoms with van der Waals surface area (Å²) in [6.45, 7) is 5.61. The second kappa shape index (κ2) is 10.3. The van der Waals surface area contributed by atoms with Crippen molar-refractivity contribution in [3.63, 3.8) is 0 Å². The van der Waals surface area contributed by atoms with E-state index >= 15 is 0 Å². The summed E-state index contributed by atoms with van der Waals surface area (Å²) < 4.78 is 44.6. The zero-order valence-electron chi connectivity index (χ0n) is 20.0. The fourth-order valence-corrected chi connectivity index (χ4v) is 4.62. The first-order chi connectivity index (χ1) is 17.1. The maximum atomic E-state index is 14.0. The summed E-state index contributed by atoms with van der Waals surface area (Å²) in [5, 5.41) is 11.3. The molecule has 188 valence electrons. The smallest absolute Gasteiger partial charge is 0.257 e. The van der Waals surface area contributed by atoms with Gasteiger partial charge >= 0.3 is 0 Å². The molecule has 0 saturated heterocycles. The van der Waals surface area contributed by atoms with Gasteiger partial charge in [-0.15, -0.1) is 0 Å². The summed E-state index contributed by atoms with van der Waals surface area (Å²) in [5.41, 5.74) is 2.60. The molecule has 4 aromatic rings. The van der Waals surface area contributed by atoms with Crippen molar-refractivity contribution in [2.45, 2.75) is 45.8 Å². The van der Waals surface area contributed by atoms with Crippen LogP contribution in [0.25, 0.3) is 5.69 Å². The van der Waals surface area contributed by atoms with Gasteiger partial charge in [-0.05, 0) is 61.2 Å². The van der Waals surface area contributed by atoms with Gasteiger partial charge in [-0.3, -0.25) is 4.79 Å². The van der Waals surface area contributed by atoms with Gasteiger partial charge in [0, 0.05) is 18.1 Å². The van der Waals surface area contributed by atoms with Crippen LogP contribution >= 0.6 is 11.6 Å². The first-order valence-electron chi connectivity index (χ1n) is 11.5. The third-order valence-electron chi connectivity index (χ3n) is 6.15. The Hall–Kier alpha value is -3.36. The van der Waals surface area contributed by atoms with Gasteiger partial charge in [-0.2, -0.15) is 0 Å². The quantitative estimate of drug-likeness (QED) is 0.298. The number of aliphatic hydroxyl groups is 1. The summed E-state index contributed by atoms with van der Waals surface area (Å²) in [6.07, 6.45) is 4.52. The minimum Gasteiger partial charge on any atom is -0.383 e. The van der Waals surface area contributed by atoms with E-state index in [0.717, 1.165) is 29.1 Å². The third kappa shape index (κ3) is 4.96. The van der Waals surface area contributed by atoms with Crippen molar-refractivity contribution in [3.05, 3.63) is 116 Å². The van der Waals surface area contributed by atoms with Crippen molar-refractivity contribution in [1.82, 2.24) is 14.1 Å². The lowest BCUT2D eigenvalue weighted by Crippen LogP contribution is -2.29. The van der Waals surface area contributed by atoms with Crippen molar-refractivity contribution in [2.24, 2.45) is 0 Å². The molecule has 2 aromatic heterocycles. The molecule has 4 rings (SSSR count). The van der Waals surface area contributed by atoms with Gasteiger partial charge in [0.05, 0.1) is 28.6 Å². The van der Waals surface area contributed by atoms with Crippen LogP contribution in [0.1, 0.15) is 59.9 Å². The molecule has 9 heteroatoms. The van der Waals surface area contributed by atoms with Gasteiger partial charge in [0.25, 0.3) is 5.56 Å². The molecule has 1 N–H and O–H groups in total. The number of aromatic nitrogens is 3. The molecule has 0 fully saturated rings. The molecule has 0 saturated carbocycles. The Morgan fingerprint density at radius 2 is 1.72 bits per heavy atom. The number of aryl methyl sites for hydroxylation is 2. The second-order valence-corrected chi connectivity index (χ2v) is 9.24. The van der Waals surface area contributed by atoms with E-state index in [0.29, 0.717) is 18.4 Å². The summed E-state index contributed by atoms with van der Waals surface area (Å²) in [5.74, 6) is -4.26. The van der Waals surface area contributed by atoms with E-state index in [1.54, 1.807) is 18.5 Å². The Morgan fingerprint density at radius 1 is 1.03 bits per heavy atom. The molecule has 5 nitrogen and oxygen atoms in total. The zero-order valence-corrected chi connectivity index (χ0v) is 20.7. The van der Waals surface area contributed by atoms with Gasteiger partial charge in [-0.25, -0.2) is 18.2 Å². The molecule has 36 heavy (non-hydrogen) atoms. The van der Waals surface area contributed by atoms with Crippen LogP contribution in [-0.2, 0) is 0 Å². The molecule has 0 bridgehead atoms. The lowest BCUT2D eigenvalue weighted by atomic mass is 9.98. The number of nitrogens with zero attached hydrogens (tertiary/aromatic N) is 3. The Bertz CT molecular complexity index is 1460. The average molecular weight is 516 g/mol. The first kappa shape index (κ1) is 25.7. The lowest BCUT2D eigenvalue weighted by Gasteiger charge is -2.23. The van der Waals surface area contributed by atoms with E-state index in [-0.39, 0.29) is 16.1 Å². The molecule has 0 spiro atoms. The standard InChI is InChI=1S/C27H25ClF3N3O2/c1-4-5-24(18-9-21(29)25(31)22(30)10-18)34-13-19(28)11-20(27(34)36)26(35)17-6-7-23(15(2)8-17)33-12-16(3)32-14-33/h6-14,24,26,35H,4-5H2,1-3H3. The monoisotopic (exact) mass is 515 g/mol. The molecule has 0 aliphatic carbocycles. The minimum atomic E-state index is -1.58. The highest BCUT2D eigenvalue weighted by Crippen LogP contribution is 2.29. The van der Waals surface area contributed by atoms with Crippen molar-refractivity contribution >= 4 is 11.6 Å². The maximum Gasteiger partial charge on any atom is 0.257 e. The number of imidazole rings is 1. The highest BCUT2D eigenvalue weighted by atomic mass is 35.5. The summed E-state index contributed by atoms with van der Waals surface area (Å²) in [6, 6.07) is 7.62. The molecule has 2 atom stereocenters. The molecule has 2 unspecified atom stereocenters. The Balaban J connectivity index is 1.77. The van der Waals surface area contributed by atoms with Crippen molar-refractivity contribution in [2.75, 3.05) is 0 Å². The minimum absolute atomic E-state index is 0.0114. The van der Waals surface area contributed by atoms with Crippen molar-refractivity contribution < 1.29 is 18.3 Å². The fourth-order valence-electron chi connectivity index (χ4n) is 4.39. The normalized spacial score (nSPS) is 13.1. The van der Waals surface area contributed by atoms with E-state index in [9.17, 15) is 23.1 Å². The molecule has 0 amide bonds. The number of hydrogen-bond acceptors (Lipinski definition) is 3. The number of hydrogen-bond donors (Lipinski definition) is 1. The molecule has 2 heterocycles. The molecule has 0 aliphatic heterocycles. The van der Waals surface area contributed by atoms with E-state index in [1.165, 1.54) is 16.8 Å². The van der Waals surface area contributed by atoms with E-state index in [1.807, 2.05) is 37.6 Å². The number of halogens is 4. The van der Waals surface area contributed by atoms with Crippen LogP contribution in [0.2, 0.25) is 5.02 Å². The van der Waals surface area contributed by atoms with Crippen LogP contribution in [0.4, 0.5) is 13.2 Å². The van der Waals surface area contributed by atoms with Crippen LogP contribution in [0.15, 0.2) is 59.9 Å². The molecular weight excluding hydrogens is 491 g/mol. The summed E-state index contributed by atoms with van der Waals surface area (Å²) in [7, 11) is 0. The van der Waals surface area contributed by atoms with Crippen molar-refractivity contribution in [3.8, 4) is 5.69 Å². The van der Waals surface area contributed by atoms with Crippen LogP contribution < -0.4 is 5.56 Å². The Labute approximate surface area is 211 Å². The van der Waals surface area contributed by atoms with Gasteiger partial charge in [-0.1, -0.05) is 37.1 Å². The van der Waals surface area contributed by atoms with Crippen LogP contribution in [-0.4, -0.2) is 19.2 Å². The molecule has 2 aromatic carbocycles. The summed E-state index contributed by atoms with van der Waals surface area (Å²) in [4.78, 5) is 17.7. The maximum absolute atomic E-state index is 14.0. The van der Waals surface area contributed by atoms with Crippen LogP contribution in [0, 0.1) is 31.3 Å². The van der Waals surface area contributed by atoms with E-state index in [2.05, 4.69) is 4.98 Å². The molecule has 0 aliphatic rings. The zero-order chi connectivity index (χ0) is 26.1. The van der Waals surface area contributed by atoms with Gasteiger partial charge in [0.2, 0.25) is 0 Å². The predicted molar refractivity (Wildman–Crippen MR) is 132 cm³/mol. The largest absolute Gasteiger partial charge is 0.383 e. The fraction of sp³-hybridized carbons (Fsp3) is 0.259. The van der Waals surface area contributed by atoms with Gasteiger partial charge in [0.1, 0.15) is 6.10 Å². The number of aliphatic hydroxyl groups excluding tert-OH is 1. The average Bonchev–Trinajstić information content (AvgIpc) is 3.27. The highest BCUT2D eigenvalue weighted by Gasteiger charge is 2.24. The van der Waals surface area contributed by atoms with Crippen LogP contribution in [0.3, 0.4) is 0 Å². The Morgan fingerprint density at radius 3 is 2.31 bits per heavy atom. The first-order valence-corrected chi connectivity index (χ1v) is 11.8. The number of rotatable bonds is 7. The van der Waals surface area contributed by atoms with E-state index < -0.39 is 35.2 Å². The third-order valence-corrected chi connectivity index (χ3v) is 6.35. The van der Waals surface area contributed by atoms with Crippen LogP contribution in [0.5, 0.6) is 0 Å². The molecule has 0 radical (unpaired) electrons. The van der Waals surface area contributed by atoms with Gasteiger partial charge < -0.3 is 14.2 Å². The van der Waals surface area contributed by atoms with Crippen molar-refractivity contribution in [1.29, 1.82) is 0 Å². The lowest BCUT2D eigenvalue weighted by molar-refractivity contribution is 0.217.